The largest absolute Gasteiger partial charge is 0.294 e. The summed E-state index contributed by atoms with van der Waals surface area (Å²) in [5.74, 6) is -0.701. The maximum atomic E-state index is 14.3. The van der Waals surface area contributed by atoms with E-state index in [0.717, 1.165) is 16.7 Å². The summed E-state index contributed by atoms with van der Waals surface area (Å²) in [6, 6.07) is 13.0. The average molecular weight is 294 g/mol. The molecule has 4 heteroatoms. The van der Waals surface area contributed by atoms with Gasteiger partial charge in [-0.25, -0.2) is 4.39 Å². The van der Waals surface area contributed by atoms with Crippen molar-refractivity contribution >= 4 is 5.78 Å². The predicted octanol–water partition coefficient (Wildman–Crippen LogP) is 3.95. The molecule has 3 nitrogen and oxygen atoms in total. The van der Waals surface area contributed by atoms with Crippen LogP contribution in [0.4, 0.5) is 4.39 Å². The lowest BCUT2D eigenvalue weighted by molar-refractivity contribution is 0.0989. The fraction of sp³-hybridized carbons (Fsp3) is 0.111. The Labute approximate surface area is 127 Å². The van der Waals surface area contributed by atoms with E-state index in [1.54, 1.807) is 31.5 Å². The van der Waals surface area contributed by atoms with Gasteiger partial charge in [0.15, 0.2) is 5.78 Å². The van der Waals surface area contributed by atoms with Crippen LogP contribution in [-0.4, -0.2) is 16.0 Å². The van der Waals surface area contributed by atoms with Crippen LogP contribution in [0.25, 0.3) is 11.1 Å². The highest BCUT2D eigenvalue weighted by atomic mass is 19.1. The molecule has 0 spiro atoms. The zero-order valence-electron chi connectivity index (χ0n) is 12.1. The second-order valence-electron chi connectivity index (χ2n) is 5.23. The van der Waals surface area contributed by atoms with Crippen LogP contribution >= 0.6 is 0 Å². The van der Waals surface area contributed by atoms with Gasteiger partial charge in [-0.15, -0.1) is 0 Å². The molecule has 0 aliphatic heterocycles. The number of aromatic amines is 1. The van der Waals surface area contributed by atoms with E-state index in [1.807, 2.05) is 30.3 Å². The summed E-state index contributed by atoms with van der Waals surface area (Å²) in [4.78, 5) is 12.4. The fourth-order valence-electron chi connectivity index (χ4n) is 2.42. The molecule has 0 aliphatic carbocycles. The number of ketones is 1. The lowest BCUT2D eigenvalue weighted by Gasteiger charge is -2.09. The molecular weight excluding hydrogens is 279 g/mol. The summed E-state index contributed by atoms with van der Waals surface area (Å²) in [6.45, 7) is 1.68. The minimum absolute atomic E-state index is 0.125. The molecule has 22 heavy (non-hydrogen) atoms. The number of hydrogen-bond acceptors (Lipinski definition) is 2. The van der Waals surface area contributed by atoms with E-state index in [2.05, 4.69) is 10.2 Å². The van der Waals surface area contributed by atoms with Gasteiger partial charge in [-0.2, -0.15) is 5.10 Å². The third kappa shape index (κ3) is 2.81. The summed E-state index contributed by atoms with van der Waals surface area (Å²) >= 11 is 0. The highest BCUT2D eigenvalue weighted by molar-refractivity contribution is 5.99. The number of halogens is 1. The number of carbonyl (C=O) groups excluding carboxylic acids is 1. The maximum absolute atomic E-state index is 14.3. The van der Waals surface area contributed by atoms with Crippen molar-refractivity contribution in [2.75, 3.05) is 0 Å². The molecule has 1 N–H and O–H groups in total. The van der Waals surface area contributed by atoms with Crippen molar-refractivity contribution in [3.63, 3.8) is 0 Å². The summed E-state index contributed by atoms with van der Waals surface area (Å²) in [5.41, 5.74) is 3.14. The first-order valence-electron chi connectivity index (χ1n) is 7.01. The van der Waals surface area contributed by atoms with Crippen LogP contribution in [0.2, 0.25) is 0 Å². The first kappa shape index (κ1) is 14.2. The van der Waals surface area contributed by atoms with Crippen molar-refractivity contribution in [3.8, 4) is 11.1 Å². The van der Waals surface area contributed by atoms with Crippen molar-refractivity contribution in [2.45, 2.75) is 13.3 Å². The van der Waals surface area contributed by atoms with Gasteiger partial charge in [-0.05, 0) is 41.3 Å². The molecule has 0 atom stereocenters. The van der Waals surface area contributed by atoms with E-state index in [1.165, 1.54) is 0 Å². The van der Waals surface area contributed by atoms with E-state index in [0.29, 0.717) is 5.56 Å². The average Bonchev–Trinajstić information content (AvgIpc) is 3.03. The molecule has 0 bridgehead atoms. The summed E-state index contributed by atoms with van der Waals surface area (Å²) in [7, 11) is 0. The highest BCUT2D eigenvalue weighted by Gasteiger charge is 2.16. The number of rotatable bonds is 4. The molecule has 0 saturated heterocycles. The van der Waals surface area contributed by atoms with Crippen LogP contribution in [0.1, 0.15) is 21.5 Å². The number of hydrogen-bond donors (Lipinski definition) is 1. The number of carbonyl (C=O) groups is 1. The van der Waals surface area contributed by atoms with Gasteiger partial charge in [0.2, 0.25) is 0 Å². The Morgan fingerprint density at radius 2 is 1.95 bits per heavy atom. The highest BCUT2D eigenvalue weighted by Crippen LogP contribution is 2.25. The normalized spacial score (nSPS) is 10.6. The smallest absolute Gasteiger partial charge is 0.170 e. The van der Waals surface area contributed by atoms with Crippen molar-refractivity contribution < 1.29 is 9.18 Å². The van der Waals surface area contributed by atoms with Gasteiger partial charge in [-0.3, -0.25) is 9.89 Å². The Hall–Kier alpha value is -2.75. The summed E-state index contributed by atoms with van der Waals surface area (Å²) in [5, 5.41) is 6.46. The third-order valence-corrected chi connectivity index (χ3v) is 3.58. The Morgan fingerprint density at radius 3 is 2.64 bits per heavy atom. The topological polar surface area (TPSA) is 45.8 Å². The van der Waals surface area contributed by atoms with E-state index in [-0.39, 0.29) is 17.8 Å². The number of aromatic nitrogens is 2. The van der Waals surface area contributed by atoms with Crippen molar-refractivity contribution in [2.24, 2.45) is 0 Å². The minimum Gasteiger partial charge on any atom is -0.294 e. The molecule has 3 rings (SSSR count). The van der Waals surface area contributed by atoms with Crippen molar-refractivity contribution in [1.29, 1.82) is 0 Å². The molecule has 0 saturated carbocycles. The number of nitrogens with zero attached hydrogens (tertiary/aromatic N) is 1. The predicted molar refractivity (Wildman–Crippen MR) is 83.2 cm³/mol. The van der Waals surface area contributed by atoms with Crippen LogP contribution in [-0.2, 0) is 6.42 Å². The molecule has 0 unspecified atom stereocenters. The van der Waals surface area contributed by atoms with Gasteiger partial charge >= 0.3 is 0 Å². The van der Waals surface area contributed by atoms with Gasteiger partial charge in [0.1, 0.15) is 5.82 Å². The van der Waals surface area contributed by atoms with Crippen molar-refractivity contribution in [1.82, 2.24) is 10.2 Å². The summed E-state index contributed by atoms with van der Waals surface area (Å²) < 4.78 is 14.3. The molecule has 3 aromatic rings. The first-order valence-corrected chi connectivity index (χ1v) is 7.01. The second kappa shape index (κ2) is 5.93. The van der Waals surface area contributed by atoms with Gasteiger partial charge in [0, 0.05) is 12.6 Å². The standard InChI is InChI=1S/C18H15FN2O/c1-12-7-15(14-5-3-2-4-6-14)9-16(18(12)19)17(22)8-13-10-20-21-11-13/h2-7,9-11H,8H2,1H3,(H,20,21). The van der Waals surface area contributed by atoms with E-state index >= 15 is 0 Å². The van der Waals surface area contributed by atoms with E-state index in [4.69, 9.17) is 0 Å². The zero-order chi connectivity index (χ0) is 15.5. The molecule has 0 aliphatic rings. The number of H-pyrrole nitrogens is 1. The second-order valence-corrected chi connectivity index (χ2v) is 5.23. The van der Waals surface area contributed by atoms with Crippen LogP contribution in [0.5, 0.6) is 0 Å². The summed E-state index contributed by atoms with van der Waals surface area (Å²) in [6.07, 6.45) is 3.35. The van der Waals surface area contributed by atoms with Gasteiger partial charge in [-0.1, -0.05) is 30.3 Å². The molecule has 2 aromatic carbocycles. The first-order chi connectivity index (χ1) is 10.6. The van der Waals surface area contributed by atoms with E-state index in [9.17, 15) is 9.18 Å². The Kier molecular flexibility index (Phi) is 3.83. The number of aryl methyl sites for hydroxylation is 1. The lowest BCUT2D eigenvalue weighted by atomic mass is 9.96. The van der Waals surface area contributed by atoms with Gasteiger partial charge < -0.3 is 0 Å². The Morgan fingerprint density at radius 1 is 1.18 bits per heavy atom. The maximum Gasteiger partial charge on any atom is 0.170 e. The van der Waals surface area contributed by atoms with E-state index < -0.39 is 5.82 Å². The van der Waals surface area contributed by atoms with Crippen LogP contribution in [0.3, 0.4) is 0 Å². The number of benzene rings is 2. The SMILES string of the molecule is Cc1cc(-c2ccccc2)cc(C(=O)Cc2cn[nH]c2)c1F. The van der Waals surface area contributed by atoms with Gasteiger partial charge in [0.05, 0.1) is 11.8 Å². The number of Topliss-reactive ketones (excluding diaryl/α,β-unsaturated/α-hetero) is 1. The van der Waals surface area contributed by atoms with Gasteiger partial charge in [0.25, 0.3) is 0 Å². The number of nitrogens with one attached hydrogen (secondary N) is 1. The lowest BCUT2D eigenvalue weighted by Crippen LogP contribution is -2.07. The van der Waals surface area contributed by atoms with Crippen LogP contribution in [0, 0.1) is 12.7 Å². The monoisotopic (exact) mass is 294 g/mol. The van der Waals surface area contributed by atoms with Crippen molar-refractivity contribution in [3.05, 3.63) is 77.4 Å². The van der Waals surface area contributed by atoms with Crippen LogP contribution in [0.15, 0.2) is 54.9 Å². The quantitative estimate of drug-likeness (QED) is 0.741. The Balaban J connectivity index is 2.00. The zero-order valence-corrected chi connectivity index (χ0v) is 12.1. The molecule has 0 radical (unpaired) electrons. The van der Waals surface area contributed by atoms with Crippen LogP contribution < -0.4 is 0 Å². The molecule has 0 fully saturated rings. The Bertz CT molecular complexity index is 795. The fourth-order valence-corrected chi connectivity index (χ4v) is 2.42. The minimum atomic E-state index is -0.451. The molecule has 0 amide bonds. The molecule has 1 heterocycles. The molecular formula is C18H15FN2O. The third-order valence-electron chi connectivity index (χ3n) is 3.58. The molecule has 110 valence electrons. The molecule has 1 aromatic heterocycles.